The first-order valence-corrected chi connectivity index (χ1v) is 7.90. The molecule has 1 amide bonds. The Balaban J connectivity index is 1.51. The highest BCUT2D eigenvalue weighted by Crippen LogP contribution is 2.23. The number of aliphatic hydroxyl groups excluding tert-OH is 1. The number of nitrogens with zero attached hydrogens (tertiary/aromatic N) is 8. The summed E-state index contributed by atoms with van der Waals surface area (Å²) in [5, 5.41) is 22.4. The molecule has 4 rings (SSSR count). The number of aromatic nitrogens is 7. The Kier molecular flexibility index (Phi) is 3.98. The van der Waals surface area contributed by atoms with Gasteiger partial charge in [0.15, 0.2) is 6.33 Å². The van der Waals surface area contributed by atoms with Crippen LogP contribution in [0.3, 0.4) is 0 Å². The molecule has 1 fully saturated rings. The van der Waals surface area contributed by atoms with Crippen LogP contribution in [0.1, 0.15) is 0 Å². The smallest absolute Gasteiger partial charge is 0.246 e. The first-order valence-electron chi connectivity index (χ1n) is 7.90. The highest BCUT2D eigenvalue weighted by atomic mass is 16.3. The molecular formula is C14H17N9O2. The molecule has 1 aliphatic heterocycles. The standard InChI is InChI=1S/C14H17N9O2/c24-10-5-21(12(25)7-23-19-9-18-20-23)3-4-22(6-10)14-11-1-2-15-13(11)16-8-17-14/h1-2,8-10,24H,3-7H2,(H,15,16,17)/t10-/m1/s1. The summed E-state index contributed by atoms with van der Waals surface area (Å²) < 4.78 is 0. The van der Waals surface area contributed by atoms with Gasteiger partial charge in [-0.2, -0.15) is 4.80 Å². The number of carbonyl (C=O) groups is 1. The zero-order chi connectivity index (χ0) is 17.2. The molecule has 1 saturated heterocycles. The predicted octanol–water partition coefficient (Wildman–Crippen LogP) is -1.35. The second-order valence-corrected chi connectivity index (χ2v) is 5.84. The number of aromatic amines is 1. The lowest BCUT2D eigenvalue weighted by molar-refractivity contribution is -0.133. The molecule has 0 unspecified atom stereocenters. The number of anilines is 1. The molecule has 3 aromatic rings. The third-order valence-corrected chi connectivity index (χ3v) is 4.16. The molecule has 130 valence electrons. The maximum Gasteiger partial charge on any atom is 0.246 e. The Hall–Kier alpha value is -3.08. The lowest BCUT2D eigenvalue weighted by atomic mass is 10.3. The SMILES string of the molecule is O=C(Cn1ncnn1)N1CCN(c2ncnc3[nH]ccc23)C[C@H](O)C1. The molecule has 11 nitrogen and oxygen atoms in total. The average Bonchev–Trinajstić information content (AvgIpc) is 3.24. The van der Waals surface area contributed by atoms with Crippen LogP contribution in [0.4, 0.5) is 5.82 Å². The molecule has 25 heavy (non-hydrogen) atoms. The molecule has 0 aliphatic carbocycles. The summed E-state index contributed by atoms with van der Waals surface area (Å²) in [5.41, 5.74) is 0.744. The summed E-state index contributed by atoms with van der Waals surface area (Å²) >= 11 is 0. The third-order valence-electron chi connectivity index (χ3n) is 4.16. The third kappa shape index (κ3) is 3.13. The van der Waals surface area contributed by atoms with Crippen LogP contribution in [0.5, 0.6) is 0 Å². The van der Waals surface area contributed by atoms with Crippen LogP contribution in [0.2, 0.25) is 0 Å². The fourth-order valence-electron chi connectivity index (χ4n) is 3.00. The van der Waals surface area contributed by atoms with Crippen molar-refractivity contribution in [1.82, 2.24) is 40.1 Å². The number of hydrogen-bond donors (Lipinski definition) is 2. The van der Waals surface area contributed by atoms with Gasteiger partial charge in [0.25, 0.3) is 0 Å². The van der Waals surface area contributed by atoms with Crippen molar-refractivity contribution < 1.29 is 9.90 Å². The molecule has 1 atom stereocenters. The van der Waals surface area contributed by atoms with E-state index in [4.69, 9.17) is 0 Å². The number of fused-ring (bicyclic) bond motifs is 1. The van der Waals surface area contributed by atoms with E-state index < -0.39 is 6.10 Å². The minimum absolute atomic E-state index is 0.00226. The second kappa shape index (κ2) is 6.43. The van der Waals surface area contributed by atoms with Crippen molar-refractivity contribution in [2.75, 3.05) is 31.1 Å². The summed E-state index contributed by atoms with van der Waals surface area (Å²) in [7, 11) is 0. The summed E-state index contributed by atoms with van der Waals surface area (Å²) in [6.07, 6.45) is 3.89. The van der Waals surface area contributed by atoms with Crippen molar-refractivity contribution in [2.45, 2.75) is 12.6 Å². The quantitative estimate of drug-likeness (QED) is 0.597. The number of rotatable bonds is 3. The number of hydrogen-bond acceptors (Lipinski definition) is 8. The van der Waals surface area contributed by atoms with Crippen LogP contribution >= 0.6 is 0 Å². The average molecular weight is 343 g/mol. The van der Waals surface area contributed by atoms with E-state index in [0.717, 1.165) is 16.9 Å². The minimum atomic E-state index is -0.681. The van der Waals surface area contributed by atoms with Crippen LogP contribution in [-0.2, 0) is 11.3 Å². The van der Waals surface area contributed by atoms with Crippen molar-refractivity contribution in [1.29, 1.82) is 0 Å². The molecule has 2 N–H and O–H groups in total. The number of nitrogens with one attached hydrogen (secondary N) is 1. The zero-order valence-electron chi connectivity index (χ0n) is 13.4. The van der Waals surface area contributed by atoms with E-state index in [2.05, 4.69) is 30.4 Å². The molecular weight excluding hydrogens is 326 g/mol. The summed E-state index contributed by atoms with van der Waals surface area (Å²) in [5.74, 6) is 0.589. The largest absolute Gasteiger partial charge is 0.389 e. The van der Waals surface area contributed by atoms with E-state index in [-0.39, 0.29) is 19.0 Å². The van der Waals surface area contributed by atoms with E-state index in [1.54, 1.807) is 11.1 Å². The van der Waals surface area contributed by atoms with Gasteiger partial charge in [0.1, 0.15) is 24.3 Å². The van der Waals surface area contributed by atoms with Gasteiger partial charge < -0.3 is 19.9 Å². The fourth-order valence-corrected chi connectivity index (χ4v) is 3.00. The summed E-state index contributed by atoms with van der Waals surface area (Å²) in [6, 6.07) is 1.90. The molecule has 0 saturated carbocycles. The molecule has 4 heterocycles. The van der Waals surface area contributed by atoms with Crippen molar-refractivity contribution in [3.8, 4) is 0 Å². The van der Waals surface area contributed by atoms with Gasteiger partial charge in [-0.3, -0.25) is 4.79 Å². The Bertz CT molecular complexity index is 862. The number of β-amino-alcohol motifs (C(OH)–C–C–N with tert-alkyl or cyclic N) is 1. The lowest BCUT2D eigenvalue weighted by Crippen LogP contribution is -2.39. The minimum Gasteiger partial charge on any atom is -0.389 e. The van der Waals surface area contributed by atoms with Crippen LogP contribution < -0.4 is 4.90 Å². The number of carbonyl (C=O) groups excluding carboxylic acids is 1. The van der Waals surface area contributed by atoms with Gasteiger partial charge in [-0.15, -0.1) is 10.2 Å². The normalized spacial score (nSPS) is 18.5. The Morgan fingerprint density at radius 3 is 3.04 bits per heavy atom. The van der Waals surface area contributed by atoms with E-state index in [0.29, 0.717) is 19.6 Å². The molecule has 0 aromatic carbocycles. The van der Waals surface area contributed by atoms with Crippen molar-refractivity contribution in [3.63, 3.8) is 0 Å². The van der Waals surface area contributed by atoms with Crippen LogP contribution in [0.15, 0.2) is 24.9 Å². The number of amides is 1. The van der Waals surface area contributed by atoms with Crippen molar-refractivity contribution >= 4 is 22.8 Å². The van der Waals surface area contributed by atoms with Crippen LogP contribution in [-0.4, -0.2) is 83.4 Å². The van der Waals surface area contributed by atoms with Gasteiger partial charge in [0, 0.05) is 32.4 Å². The topological polar surface area (TPSA) is 129 Å². The predicted molar refractivity (Wildman–Crippen MR) is 86.5 cm³/mol. The number of aliphatic hydroxyl groups is 1. The van der Waals surface area contributed by atoms with Gasteiger partial charge >= 0.3 is 0 Å². The van der Waals surface area contributed by atoms with Gasteiger partial charge in [-0.05, 0) is 11.3 Å². The van der Waals surface area contributed by atoms with Gasteiger partial charge in [0.05, 0.1) is 11.5 Å². The first-order chi connectivity index (χ1) is 12.2. The van der Waals surface area contributed by atoms with Crippen molar-refractivity contribution in [2.24, 2.45) is 0 Å². The lowest BCUT2D eigenvalue weighted by Gasteiger charge is -2.23. The highest BCUT2D eigenvalue weighted by Gasteiger charge is 2.26. The van der Waals surface area contributed by atoms with Gasteiger partial charge in [-0.25, -0.2) is 9.97 Å². The Labute approximate surface area is 142 Å². The zero-order valence-corrected chi connectivity index (χ0v) is 13.4. The maximum atomic E-state index is 12.4. The molecule has 11 heteroatoms. The van der Waals surface area contributed by atoms with Crippen molar-refractivity contribution in [3.05, 3.63) is 24.9 Å². The van der Waals surface area contributed by atoms with E-state index in [1.165, 1.54) is 17.5 Å². The van der Waals surface area contributed by atoms with Crippen LogP contribution in [0, 0.1) is 0 Å². The number of tetrazole rings is 1. The summed E-state index contributed by atoms with van der Waals surface area (Å²) in [4.78, 5) is 28.8. The monoisotopic (exact) mass is 343 g/mol. The molecule has 0 radical (unpaired) electrons. The molecule has 0 spiro atoms. The Morgan fingerprint density at radius 2 is 2.20 bits per heavy atom. The van der Waals surface area contributed by atoms with Crippen LogP contribution in [0.25, 0.3) is 11.0 Å². The highest BCUT2D eigenvalue weighted by molar-refractivity contribution is 5.87. The van der Waals surface area contributed by atoms with Gasteiger partial charge in [-0.1, -0.05) is 0 Å². The van der Waals surface area contributed by atoms with E-state index >= 15 is 0 Å². The maximum absolute atomic E-state index is 12.4. The first kappa shape index (κ1) is 15.4. The van der Waals surface area contributed by atoms with Gasteiger partial charge in [0.2, 0.25) is 5.91 Å². The molecule has 0 bridgehead atoms. The molecule has 3 aromatic heterocycles. The number of H-pyrrole nitrogens is 1. The van der Waals surface area contributed by atoms with E-state index in [1.807, 2.05) is 11.0 Å². The Morgan fingerprint density at radius 1 is 1.28 bits per heavy atom. The second-order valence-electron chi connectivity index (χ2n) is 5.84. The molecule has 1 aliphatic rings. The van der Waals surface area contributed by atoms with E-state index in [9.17, 15) is 9.90 Å². The summed E-state index contributed by atoms with van der Waals surface area (Å²) in [6.45, 7) is 1.68. The fraction of sp³-hybridized carbons (Fsp3) is 0.429.